The highest BCUT2D eigenvalue weighted by Crippen LogP contribution is 2.24. The van der Waals surface area contributed by atoms with E-state index in [0.717, 1.165) is 22.4 Å². The Hall–Kier alpha value is -1.55. The lowest BCUT2D eigenvalue weighted by Gasteiger charge is -2.26. The molecular weight excluding hydrogens is 242 g/mol. The van der Waals surface area contributed by atoms with E-state index in [-0.39, 0.29) is 5.91 Å². The van der Waals surface area contributed by atoms with Gasteiger partial charge in [-0.1, -0.05) is 6.07 Å². The maximum absolute atomic E-state index is 12.0. The van der Waals surface area contributed by atoms with Gasteiger partial charge in [-0.2, -0.15) is 0 Å². The summed E-state index contributed by atoms with van der Waals surface area (Å²) in [7, 11) is 3.29. The molecule has 0 aromatic heterocycles. The topological polar surface area (TPSA) is 49.8 Å². The first kappa shape index (κ1) is 15.5. The van der Waals surface area contributed by atoms with Crippen LogP contribution in [0.4, 0.5) is 0 Å². The summed E-state index contributed by atoms with van der Waals surface area (Å²) in [6.07, 6.45) is 0. The molecule has 0 bridgehead atoms. The minimum atomic E-state index is -1.36. The average Bonchev–Trinajstić information content (AvgIpc) is 2.31. The lowest BCUT2D eigenvalue weighted by Crippen LogP contribution is -2.42. The summed E-state index contributed by atoms with van der Waals surface area (Å²) >= 11 is 0. The lowest BCUT2D eigenvalue weighted by molar-refractivity contribution is -0.147. The second-order valence-electron chi connectivity index (χ2n) is 5.47. The van der Waals surface area contributed by atoms with E-state index in [4.69, 9.17) is 4.74 Å². The van der Waals surface area contributed by atoms with Crippen LogP contribution in [0.1, 0.15) is 30.5 Å². The molecule has 0 spiro atoms. The van der Waals surface area contributed by atoms with Crippen molar-refractivity contribution >= 4 is 5.91 Å². The van der Waals surface area contributed by atoms with E-state index in [2.05, 4.69) is 0 Å². The van der Waals surface area contributed by atoms with Gasteiger partial charge in [-0.25, -0.2) is 0 Å². The summed E-state index contributed by atoms with van der Waals surface area (Å²) in [5.41, 5.74) is 1.88. The fourth-order valence-corrected chi connectivity index (χ4v) is 1.96. The van der Waals surface area contributed by atoms with Crippen molar-refractivity contribution in [1.29, 1.82) is 0 Å². The monoisotopic (exact) mass is 265 g/mol. The molecule has 1 rings (SSSR count). The Balaban J connectivity index is 2.99. The van der Waals surface area contributed by atoms with Crippen LogP contribution in [0.5, 0.6) is 5.75 Å². The highest BCUT2D eigenvalue weighted by Gasteiger charge is 2.27. The van der Waals surface area contributed by atoms with Crippen molar-refractivity contribution in [3.8, 4) is 5.75 Å². The Bertz CT molecular complexity index is 475. The third-order valence-electron chi connectivity index (χ3n) is 3.17. The number of carbonyl (C=O) groups is 1. The second kappa shape index (κ2) is 5.61. The van der Waals surface area contributed by atoms with Crippen molar-refractivity contribution in [2.45, 2.75) is 39.8 Å². The van der Waals surface area contributed by atoms with Gasteiger partial charge in [0.15, 0.2) is 0 Å². The van der Waals surface area contributed by atoms with Gasteiger partial charge in [-0.15, -0.1) is 0 Å². The van der Waals surface area contributed by atoms with Crippen LogP contribution in [0.15, 0.2) is 12.1 Å². The number of methoxy groups -OCH3 is 1. The van der Waals surface area contributed by atoms with Crippen molar-refractivity contribution in [3.63, 3.8) is 0 Å². The number of nitrogens with zero attached hydrogens (tertiary/aromatic N) is 1. The lowest BCUT2D eigenvalue weighted by atomic mass is 10.0. The molecule has 1 N–H and O–H groups in total. The zero-order valence-electron chi connectivity index (χ0n) is 12.6. The number of carbonyl (C=O) groups excluding carboxylic acids is 1. The molecule has 0 aliphatic rings. The number of hydrogen-bond donors (Lipinski definition) is 1. The van der Waals surface area contributed by atoms with Crippen molar-refractivity contribution < 1.29 is 14.6 Å². The Kier molecular flexibility index (Phi) is 4.58. The number of aryl methyl sites for hydroxylation is 2. The van der Waals surface area contributed by atoms with Crippen molar-refractivity contribution in [2.75, 3.05) is 14.2 Å². The van der Waals surface area contributed by atoms with E-state index in [0.29, 0.717) is 6.54 Å². The molecule has 0 atom stereocenters. The first-order valence-corrected chi connectivity index (χ1v) is 6.29. The maximum Gasteiger partial charge on any atom is 0.253 e. The third kappa shape index (κ3) is 3.70. The minimum Gasteiger partial charge on any atom is -0.496 e. The normalized spacial score (nSPS) is 11.3. The quantitative estimate of drug-likeness (QED) is 0.906. The van der Waals surface area contributed by atoms with Crippen LogP contribution in [0.2, 0.25) is 0 Å². The molecule has 1 aromatic rings. The highest BCUT2D eigenvalue weighted by molar-refractivity contribution is 5.83. The van der Waals surface area contributed by atoms with Gasteiger partial charge in [-0.05, 0) is 44.9 Å². The Morgan fingerprint density at radius 2 is 1.84 bits per heavy atom. The molecule has 0 aliphatic carbocycles. The van der Waals surface area contributed by atoms with E-state index < -0.39 is 5.60 Å². The molecule has 19 heavy (non-hydrogen) atoms. The second-order valence-corrected chi connectivity index (χ2v) is 5.47. The number of hydrogen-bond acceptors (Lipinski definition) is 3. The largest absolute Gasteiger partial charge is 0.496 e. The minimum absolute atomic E-state index is 0.312. The van der Waals surface area contributed by atoms with Crippen LogP contribution >= 0.6 is 0 Å². The highest BCUT2D eigenvalue weighted by atomic mass is 16.5. The van der Waals surface area contributed by atoms with Crippen molar-refractivity contribution in [3.05, 3.63) is 28.8 Å². The fraction of sp³-hybridized carbons (Fsp3) is 0.533. The van der Waals surface area contributed by atoms with E-state index in [1.165, 1.54) is 18.7 Å². The molecule has 4 nitrogen and oxygen atoms in total. The molecule has 106 valence electrons. The molecule has 0 aliphatic heterocycles. The zero-order valence-corrected chi connectivity index (χ0v) is 12.6. The summed E-state index contributed by atoms with van der Waals surface area (Å²) < 4.78 is 5.35. The Morgan fingerprint density at radius 1 is 1.32 bits per heavy atom. The van der Waals surface area contributed by atoms with Gasteiger partial charge in [0.05, 0.1) is 7.11 Å². The summed E-state index contributed by atoms with van der Waals surface area (Å²) in [5.74, 6) is 0.450. The van der Waals surface area contributed by atoms with Crippen LogP contribution in [-0.2, 0) is 11.3 Å². The van der Waals surface area contributed by atoms with Crippen LogP contribution in [0.3, 0.4) is 0 Å². The van der Waals surface area contributed by atoms with Gasteiger partial charge in [0, 0.05) is 19.2 Å². The van der Waals surface area contributed by atoms with Gasteiger partial charge in [0.25, 0.3) is 5.91 Å². The first-order valence-electron chi connectivity index (χ1n) is 6.29. The number of aliphatic hydroxyl groups is 1. The summed E-state index contributed by atoms with van der Waals surface area (Å²) in [6, 6.07) is 3.98. The number of benzene rings is 1. The summed E-state index contributed by atoms with van der Waals surface area (Å²) in [4.78, 5) is 13.5. The van der Waals surface area contributed by atoms with E-state index in [9.17, 15) is 9.90 Å². The Labute approximate surface area is 115 Å². The Morgan fingerprint density at radius 3 is 2.32 bits per heavy atom. The molecule has 0 heterocycles. The first-order chi connectivity index (χ1) is 8.66. The van der Waals surface area contributed by atoms with Crippen LogP contribution in [-0.4, -0.2) is 35.7 Å². The summed E-state index contributed by atoms with van der Waals surface area (Å²) in [5, 5.41) is 9.74. The van der Waals surface area contributed by atoms with Crippen molar-refractivity contribution in [2.24, 2.45) is 0 Å². The predicted octanol–water partition coefficient (Wildman–Crippen LogP) is 2.04. The number of rotatable bonds is 4. The third-order valence-corrected chi connectivity index (χ3v) is 3.17. The summed E-state index contributed by atoms with van der Waals surface area (Å²) in [6.45, 7) is 7.43. The average molecular weight is 265 g/mol. The van der Waals surface area contributed by atoms with Crippen LogP contribution in [0.25, 0.3) is 0 Å². The van der Waals surface area contributed by atoms with Gasteiger partial charge < -0.3 is 14.7 Å². The van der Waals surface area contributed by atoms with Gasteiger partial charge in [0.2, 0.25) is 0 Å². The van der Waals surface area contributed by atoms with Crippen LogP contribution < -0.4 is 4.74 Å². The molecule has 0 fully saturated rings. The van der Waals surface area contributed by atoms with E-state index >= 15 is 0 Å². The smallest absolute Gasteiger partial charge is 0.253 e. The molecule has 0 saturated carbocycles. The number of likely N-dealkylation sites (N-methyl/N-ethyl adjacent to an activating group) is 1. The molecule has 0 saturated heterocycles. The van der Waals surface area contributed by atoms with Gasteiger partial charge in [0.1, 0.15) is 11.4 Å². The zero-order chi connectivity index (χ0) is 14.8. The number of ether oxygens (including phenoxy) is 1. The molecule has 1 amide bonds. The standard InChI is InChI=1S/C15H23NO3/c1-10-7-12(13(19-6)8-11(10)2)9-16(5)14(17)15(3,4)18/h7-8,18H,9H2,1-6H3. The number of amides is 1. The molecule has 0 radical (unpaired) electrons. The SMILES string of the molecule is COc1cc(C)c(C)cc1CN(C)C(=O)C(C)(C)O. The molecule has 1 aromatic carbocycles. The molecular formula is C15H23NO3. The van der Waals surface area contributed by atoms with E-state index in [1.54, 1.807) is 14.2 Å². The van der Waals surface area contributed by atoms with Crippen molar-refractivity contribution in [1.82, 2.24) is 4.90 Å². The van der Waals surface area contributed by atoms with Crippen LogP contribution in [0, 0.1) is 13.8 Å². The molecule has 4 heteroatoms. The van der Waals surface area contributed by atoms with E-state index in [1.807, 2.05) is 26.0 Å². The molecule has 0 unspecified atom stereocenters. The van der Waals surface area contributed by atoms with Gasteiger partial charge >= 0.3 is 0 Å². The predicted molar refractivity (Wildman–Crippen MR) is 75.2 cm³/mol. The fourth-order valence-electron chi connectivity index (χ4n) is 1.96. The maximum atomic E-state index is 12.0. The van der Waals surface area contributed by atoms with Gasteiger partial charge in [-0.3, -0.25) is 4.79 Å².